The second-order valence-electron chi connectivity index (χ2n) is 1.04. The van der Waals surface area contributed by atoms with E-state index in [0.29, 0.717) is 0 Å². The lowest BCUT2D eigenvalue weighted by Gasteiger charge is -2.03. The zero-order valence-electron chi connectivity index (χ0n) is 4.89. The van der Waals surface area contributed by atoms with Crippen LogP contribution in [0.3, 0.4) is 0 Å². The van der Waals surface area contributed by atoms with Crippen molar-refractivity contribution in [2.24, 2.45) is 0 Å². The maximum atomic E-state index is 4.68. The molecular formula is C4H12O2S. The van der Waals surface area contributed by atoms with E-state index >= 15 is 0 Å². The van der Waals surface area contributed by atoms with Crippen LogP contribution in [0.25, 0.3) is 0 Å². The summed E-state index contributed by atoms with van der Waals surface area (Å²) in [5.41, 5.74) is 0. The Balaban J connectivity index is 0. The Bertz CT molecular complexity index is 28.9. The van der Waals surface area contributed by atoms with Crippen LogP contribution >= 0.6 is 13.5 Å². The first-order valence-electron chi connectivity index (χ1n) is 1.87. The van der Waals surface area contributed by atoms with Crippen LogP contribution < -0.4 is 0 Å². The highest BCUT2D eigenvalue weighted by Crippen LogP contribution is 1.82. The first-order valence-corrected chi connectivity index (χ1v) is 1.87. The van der Waals surface area contributed by atoms with E-state index in [0.717, 1.165) is 0 Å². The Morgan fingerprint density at radius 2 is 1.43 bits per heavy atom. The molecule has 0 radical (unpaired) electrons. The molecule has 0 fully saturated rings. The van der Waals surface area contributed by atoms with Crippen molar-refractivity contribution in [3.63, 3.8) is 0 Å². The van der Waals surface area contributed by atoms with Gasteiger partial charge < -0.3 is 9.47 Å². The summed E-state index contributed by atoms with van der Waals surface area (Å²) < 4.78 is 9.35. The molecule has 0 aromatic heterocycles. The lowest BCUT2D eigenvalue weighted by Crippen LogP contribution is -2.05. The molecule has 0 atom stereocenters. The Morgan fingerprint density at radius 1 is 1.14 bits per heavy atom. The van der Waals surface area contributed by atoms with Crippen LogP contribution in [0.2, 0.25) is 0 Å². The Hall–Kier alpha value is 0.270. The van der Waals surface area contributed by atoms with Crippen LogP contribution in [0.15, 0.2) is 0 Å². The molecule has 46 valence electrons. The predicted molar refractivity (Wildman–Crippen MR) is 33.9 cm³/mol. The third-order valence-corrected chi connectivity index (χ3v) is 0.664. The van der Waals surface area contributed by atoms with Gasteiger partial charge in [-0.15, -0.1) is 0 Å². The van der Waals surface area contributed by atoms with Gasteiger partial charge in [-0.05, 0) is 6.92 Å². The molecule has 0 aromatic rings. The maximum absolute atomic E-state index is 4.68. The van der Waals surface area contributed by atoms with E-state index in [4.69, 9.17) is 0 Å². The van der Waals surface area contributed by atoms with Gasteiger partial charge in [-0.1, -0.05) is 0 Å². The fourth-order valence-corrected chi connectivity index (χ4v) is 0.0962. The zero-order chi connectivity index (χ0) is 4.99. The largest absolute Gasteiger partial charge is 0.356 e. The van der Waals surface area contributed by atoms with Gasteiger partial charge >= 0.3 is 0 Å². The van der Waals surface area contributed by atoms with Gasteiger partial charge in [0.1, 0.15) is 0 Å². The Labute approximate surface area is 51.3 Å². The van der Waals surface area contributed by atoms with Crippen molar-refractivity contribution in [1.29, 1.82) is 0 Å². The number of hydrogen-bond acceptors (Lipinski definition) is 2. The summed E-state index contributed by atoms with van der Waals surface area (Å²) in [6.07, 6.45) is -0.0648. The summed E-state index contributed by atoms with van der Waals surface area (Å²) in [7, 11) is 3.21. The highest BCUT2D eigenvalue weighted by atomic mass is 32.1. The number of rotatable bonds is 2. The first kappa shape index (κ1) is 10.3. The summed E-state index contributed by atoms with van der Waals surface area (Å²) in [5.74, 6) is 0. The van der Waals surface area contributed by atoms with Gasteiger partial charge in [-0.2, -0.15) is 13.5 Å². The molecule has 0 spiro atoms. The molecule has 3 heteroatoms. The average molecular weight is 124 g/mol. The molecular weight excluding hydrogens is 112 g/mol. The third kappa shape index (κ3) is 6.27. The molecule has 0 bridgehead atoms. The van der Waals surface area contributed by atoms with Crippen molar-refractivity contribution in [1.82, 2.24) is 0 Å². The smallest absolute Gasteiger partial charge is 0.154 e. The summed E-state index contributed by atoms with van der Waals surface area (Å²) in [5, 5.41) is 0. The molecule has 0 unspecified atom stereocenters. The van der Waals surface area contributed by atoms with Crippen molar-refractivity contribution in [2.45, 2.75) is 13.2 Å². The lowest BCUT2D eigenvalue weighted by atomic mass is 10.8. The van der Waals surface area contributed by atoms with Gasteiger partial charge in [0, 0.05) is 14.2 Å². The van der Waals surface area contributed by atoms with Crippen molar-refractivity contribution in [3.05, 3.63) is 0 Å². The Kier molecular flexibility index (Phi) is 9.22. The maximum Gasteiger partial charge on any atom is 0.154 e. The minimum absolute atomic E-state index is 0. The summed E-state index contributed by atoms with van der Waals surface area (Å²) >= 11 is 0. The topological polar surface area (TPSA) is 18.5 Å². The van der Waals surface area contributed by atoms with Gasteiger partial charge in [0.15, 0.2) is 6.29 Å². The predicted octanol–water partition coefficient (Wildman–Crippen LogP) is 0.738. The molecule has 0 heterocycles. The molecule has 7 heavy (non-hydrogen) atoms. The van der Waals surface area contributed by atoms with E-state index < -0.39 is 0 Å². The van der Waals surface area contributed by atoms with Crippen LogP contribution in [-0.2, 0) is 9.47 Å². The van der Waals surface area contributed by atoms with Crippen LogP contribution in [0, 0.1) is 0 Å². The first-order chi connectivity index (χ1) is 2.81. The zero-order valence-corrected chi connectivity index (χ0v) is 5.89. The highest BCUT2D eigenvalue weighted by molar-refractivity contribution is 7.59. The quantitative estimate of drug-likeness (QED) is 0.505. The van der Waals surface area contributed by atoms with E-state index in [1.807, 2.05) is 6.92 Å². The SMILES string of the molecule is COC(C)OC.S. The van der Waals surface area contributed by atoms with Gasteiger partial charge in [0.05, 0.1) is 0 Å². The van der Waals surface area contributed by atoms with Crippen molar-refractivity contribution in [2.75, 3.05) is 14.2 Å². The van der Waals surface area contributed by atoms with Gasteiger partial charge in [-0.25, -0.2) is 0 Å². The number of ether oxygens (including phenoxy) is 2. The normalized spacial score (nSPS) is 8.57. The molecule has 0 aliphatic carbocycles. The summed E-state index contributed by atoms with van der Waals surface area (Å²) in [6.45, 7) is 1.83. The van der Waals surface area contributed by atoms with E-state index in [-0.39, 0.29) is 19.8 Å². The van der Waals surface area contributed by atoms with Crippen molar-refractivity contribution < 1.29 is 9.47 Å². The van der Waals surface area contributed by atoms with Crippen LogP contribution in [0.4, 0.5) is 0 Å². The Morgan fingerprint density at radius 3 is 1.43 bits per heavy atom. The minimum Gasteiger partial charge on any atom is -0.356 e. The second kappa shape index (κ2) is 6.27. The van der Waals surface area contributed by atoms with E-state index in [9.17, 15) is 0 Å². The van der Waals surface area contributed by atoms with Crippen molar-refractivity contribution >= 4 is 13.5 Å². The number of methoxy groups -OCH3 is 2. The van der Waals surface area contributed by atoms with Crippen molar-refractivity contribution in [3.8, 4) is 0 Å². The molecule has 0 aliphatic heterocycles. The third-order valence-electron chi connectivity index (χ3n) is 0.664. The molecule has 0 rings (SSSR count). The fraction of sp³-hybridized carbons (Fsp3) is 1.00. The molecule has 2 nitrogen and oxygen atoms in total. The summed E-state index contributed by atoms with van der Waals surface area (Å²) in [4.78, 5) is 0. The van der Waals surface area contributed by atoms with E-state index in [1.165, 1.54) is 0 Å². The standard InChI is InChI=1S/C4H10O2.H2S/c1-4(5-2)6-3;/h4H,1-3H3;1H2. The fourth-order valence-electron chi connectivity index (χ4n) is 0.0962. The molecule has 0 aliphatic rings. The number of hydrogen-bond donors (Lipinski definition) is 0. The second-order valence-corrected chi connectivity index (χ2v) is 1.04. The van der Waals surface area contributed by atoms with Gasteiger partial charge in [0.2, 0.25) is 0 Å². The van der Waals surface area contributed by atoms with Gasteiger partial charge in [0.25, 0.3) is 0 Å². The lowest BCUT2D eigenvalue weighted by molar-refractivity contribution is -0.0877. The van der Waals surface area contributed by atoms with Crippen LogP contribution in [0.5, 0.6) is 0 Å². The molecule has 0 N–H and O–H groups in total. The minimum atomic E-state index is -0.0648. The van der Waals surface area contributed by atoms with Crippen LogP contribution in [-0.4, -0.2) is 20.5 Å². The average Bonchev–Trinajstić information content (AvgIpc) is 1.65. The molecule has 0 saturated carbocycles. The monoisotopic (exact) mass is 124 g/mol. The highest BCUT2D eigenvalue weighted by Gasteiger charge is 1.87. The summed E-state index contributed by atoms with van der Waals surface area (Å²) in [6, 6.07) is 0. The molecule has 0 saturated heterocycles. The van der Waals surface area contributed by atoms with Gasteiger partial charge in [-0.3, -0.25) is 0 Å². The molecule has 0 aromatic carbocycles. The van der Waals surface area contributed by atoms with E-state index in [1.54, 1.807) is 14.2 Å². The molecule has 0 amide bonds. The van der Waals surface area contributed by atoms with E-state index in [2.05, 4.69) is 9.47 Å². The van der Waals surface area contributed by atoms with Crippen LogP contribution in [0.1, 0.15) is 6.92 Å².